The minimum absolute atomic E-state index is 0.0733. The number of hydrogen-bond donors (Lipinski definition) is 1. The van der Waals surface area contributed by atoms with E-state index in [1.807, 2.05) is 13.8 Å². The van der Waals surface area contributed by atoms with Crippen LogP contribution >= 0.6 is 0 Å². The van der Waals surface area contributed by atoms with E-state index in [1.165, 1.54) is 0 Å². The highest BCUT2D eigenvalue weighted by atomic mass is 16.3. The molecule has 0 aliphatic heterocycles. The van der Waals surface area contributed by atoms with E-state index < -0.39 is 5.41 Å². The van der Waals surface area contributed by atoms with Crippen LogP contribution in [0, 0.1) is 5.41 Å². The number of rotatable bonds is 4. The van der Waals surface area contributed by atoms with Crippen molar-refractivity contribution >= 4 is 5.91 Å². The van der Waals surface area contributed by atoms with Crippen molar-refractivity contribution in [2.24, 2.45) is 5.41 Å². The van der Waals surface area contributed by atoms with Gasteiger partial charge in [0.2, 0.25) is 5.91 Å². The van der Waals surface area contributed by atoms with Gasteiger partial charge in [-0.15, -0.1) is 0 Å². The van der Waals surface area contributed by atoms with Crippen LogP contribution in [0.3, 0.4) is 0 Å². The van der Waals surface area contributed by atoms with Gasteiger partial charge in [0.15, 0.2) is 0 Å². The molecule has 0 saturated heterocycles. The van der Waals surface area contributed by atoms with Crippen LogP contribution in [-0.4, -0.2) is 36.6 Å². The molecular formula is C9H19NO2. The Kier molecular flexibility index (Phi) is 4.24. The van der Waals surface area contributed by atoms with E-state index in [0.29, 0.717) is 6.42 Å². The summed E-state index contributed by atoms with van der Waals surface area (Å²) in [6.07, 6.45) is 1.31. The number of hydrogen-bond acceptors (Lipinski definition) is 2. The van der Waals surface area contributed by atoms with E-state index >= 15 is 0 Å². The molecule has 72 valence electrons. The molecule has 0 radical (unpaired) electrons. The molecule has 12 heavy (non-hydrogen) atoms. The number of aliphatic hydroxyl groups is 1. The molecular weight excluding hydrogens is 154 g/mol. The van der Waals surface area contributed by atoms with Gasteiger partial charge in [-0.25, -0.2) is 0 Å². The van der Waals surface area contributed by atoms with Crippen molar-refractivity contribution in [2.45, 2.75) is 26.7 Å². The monoisotopic (exact) mass is 173 g/mol. The van der Waals surface area contributed by atoms with Gasteiger partial charge in [0.05, 0.1) is 0 Å². The third-order valence-electron chi connectivity index (χ3n) is 2.37. The molecule has 0 rings (SSSR count). The lowest BCUT2D eigenvalue weighted by molar-refractivity contribution is -0.139. The molecule has 0 aromatic heterocycles. The number of aliphatic hydroxyl groups excluding tert-OH is 1. The largest absolute Gasteiger partial charge is 0.396 e. The van der Waals surface area contributed by atoms with Crippen LogP contribution in [0.25, 0.3) is 0 Å². The van der Waals surface area contributed by atoms with Gasteiger partial charge in [0, 0.05) is 26.1 Å². The van der Waals surface area contributed by atoms with E-state index in [4.69, 9.17) is 5.11 Å². The van der Waals surface area contributed by atoms with Gasteiger partial charge >= 0.3 is 0 Å². The van der Waals surface area contributed by atoms with Crippen molar-refractivity contribution in [1.29, 1.82) is 0 Å². The molecule has 0 aromatic carbocycles. The number of amides is 1. The van der Waals surface area contributed by atoms with Gasteiger partial charge in [-0.1, -0.05) is 13.8 Å². The fourth-order valence-electron chi connectivity index (χ4n) is 1.22. The second kappa shape index (κ2) is 4.45. The zero-order chi connectivity index (χ0) is 9.78. The fourth-order valence-corrected chi connectivity index (χ4v) is 1.22. The van der Waals surface area contributed by atoms with Crippen LogP contribution in [-0.2, 0) is 4.79 Å². The second-order valence-corrected chi connectivity index (χ2v) is 3.59. The van der Waals surface area contributed by atoms with E-state index in [2.05, 4.69) is 0 Å². The lowest BCUT2D eigenvalue weighted by Gasteiger charge is -2.29. The summed E-state index contributed by atoms with van der Waals surface area (Å²) in [5.74, 6) is 0.0963. The summed E-state index contributed by atoms with van der Waals surface area (Å²) >= 11 is 0. The number of nitrogens with zero attached hydrogens (tertiary/aromatic N) is 1. The molecule has 0 bridgehead atoms. The third kappa shape index (κ3) is 2.48. The molecule has 1 unspecified atom stereocenters. The first-order valence-corrected chi connectivity index (χ1v) is 4.30. The van der Waals surface area contributed by atoms with Crippen molar-refractivity contribution < 1.29 is 9.90 Å². The van der Waals surface area contributed by atoms with Crippen molar-refractivity contribution in [3.05, 3.63) is 0 Å². The molecule has 0 aliphatic carbocycles. The van der Waals surface area contributed by atoms with Crippen molar-refractivity contribution in [3.63, 3.8) is 0 Å². The van der Waals surface area contributed by atoms with E-state index in [1.54, 1.807) is 19.0 Å². The summed E-state index contributed by atoms with van der Waals surface area (Å²) in [6, 6.07) is 0. The van der Waals surface area contributed by atoms with Crippen LogP contribution < -0.4 is 0 Å². The highest BCUT2D eigenvalue weighted by Crippen LogP contribution is 2.27. The van der Waals surface area contributed by atoms with Gasteiger partial charge in [0.1, 0.15) is 0 Å². The van der Waals surface area contributed by atoms with Gasteiger partial charge in [-0.2, -0.15) is 0 Å². The lowest BCUT2D eigenvalue weighted by atomic mass is 9.83. The van der Waals surface area contributed by atoms with Gasteiger partial charge < -0.3 is 10.0 Å². The highest BCUT2D eigenvalue weighted by molar-refractivity contribution is 5.81. The average molecular weight is 173 g/mol. The molecule has 1 amide bonds. The van der Waals surface area contributed by atoms with Crippen molar-refractivity contribution in [1.82, 2.24) is 4.90 Å². The molecule has 0 fully saturated rings. The molecule has 0 aliphatic rings. The Labute approximate surface area is 74.4 Å². The van der Waals surface area contributed by atoms with Crippen LogP contribution in [0.4, 0.5) is 0 Å². The van der Waals surface area contributed by atoms with Crippen LogP contribution in [0.1, 0.15) is 26.7 Å². The predicted molar refractivity (Wildman–Crippen MR) is 48.8 cm³/mol. The molecule has 0 saturated carbocycles. The summed E-state index contributed by atoms with van der Waals surface area (Å²) in [5.41, 5.74) is -0.391. The molecule has 3 heteroatoms. The standard InChI is InChI=1S/C9H19NO2/c1-5-9(2,6-7-11)8(12)10(3)4/h11H,5-7H2,1-4H3. The van der Waals surface area contributed by atoms with Crippen LogP contribution in [0.15, 0.2) is 0 Å². The maximum Gasteiger partial charge on any atom is 0.228 e. The third-order valence-corrected chi connectivity index (χ3v) is 2.37. The Balaban J connectivity index is 4.40. The topological polar surface area (TPSA) is 40.5 Å². The SMILES string of the molecule is CCC(C)(CCO)C(=O)N(C)C. The first-order chi connectivity index (χ1) is 5.48. The normalized spacial score (nSPS) is 15.4. The Morgan fingerprint density at radius 2 is 2.00 bits per heavy atom. The first-order valence-electron chi connectivity index (χ1n) is 4.30. The molecule has 1 N–H and O–H groups in total. The Bertz CT molecular complexity index is 157. The smallest absolute Gasteiger partial charge is 0.228 e. The summed E-state index contributed by atoms with van der Waals surface area (Å²) < 4.78 is 0. The summed E-state index contributed by atoms with van der Waals surface area (Å²) in [5, 5.41) is 8.79. The quantitative estimate of drug-likeness (QED) is 0.685. The Morgan fingerprint density at radius 3 is 2.25 bits per heavy atom. The summed E-state index contributed by atoms with van der Waals surface area (Å²) in [6.45, 7) is 3.94. The molecule has 0 aromatic rings. The Hall–Kier alpha value is -0.570. The minimum atomic E-state index is -0.391. The first kappa shape index (κ1) is 11.4. The van der Waals surface area contributed by atoms with E-state index in [0.717, 1.165) is 6.42 Å². The van der Waals surface area contributed by atoms with Crippen LogP contribution in [0.5, 0.6) is 0 Å². The van der Waals surface area contributed by atoms with Gasteiger partial charge in [-0.3, -0.25) is 4.79 Å². The molecule has 1 atom stereocenters. The highest BCUT2D eigenvalue weighted by Gasteiger charge is 2.31. The van der Waals surface area contributed by atoms with Crippen molar-refractivity contribution in [3.8, 4) is 0 Å². The molecule has 3 nitrogen and oxygen atoms in total. The predicted octanol–water partition coefficient (Wildman–Crippen LogP) is 0.873. The van der Waals surface area contributed by atoms with Crippen LogP contribution in [0.2, 0.25) is 0 Å². The average Bonchev–Trinajstić information content (AvgIpc) is 2.03. The maximum atomic E-state index is 11.6. The van der Waals surface area contributed by atoms with Gasteiger partial charge in [0.25, 0.3) is 0 Å². The van der Waals surface area contributed by atoms with Crippen molar-refractivity contribution in [2.75, 3.05) is 20.7 Å². The lowest BCUT2D eigenvalue weighted by Crippen LogP contribution is -2.38. The summed E-state index contributed by atoms with van der Waals surface area (Å²) in [4.78, 5) is 13.2. The number of carbonyl (C=O) groups excluding carboxylic acids is 1. The second-order valence-electron chi connectivity index (χ2n) is 3.59. The molecule has 0 heterocycles. The molecule has 0 spiro atoms. The number of carbonyl (C=O) groups is 1. The van der Waals surface area contributed by atoms with Gasteiger partial charge in [-0.05, 0) is 12.8 Å². The van der Waals surface area contributed by atoms with E-state index in [-0.39, 0.29) is 12.5 Å². The fraction of sp³-hybridized carbons (Fsp3) is 0.889. The summed E-state index contributed by atoms with van der Waals surface area (Å²) in [7, 11) is 3.49. The zero-order valence-electron chi connectivity index (χ0n) is 8.42. The van der Waals surface area contributed by atoms with E-state index in [9.17, 15) is 4.79 Å². The zero-order valence-corrected chi connectivity index (χ0v) is 8.42. The minimum Gasteiger partial charge on any atom is -0.396 e. The maximum absolute atomic E-state index is 11.6. The Morgan fingerprint density at radius 1 is 1.50 bits per heavy atom.